The summed E-state index contributed by atoms with van der Waals surface area (Å²) in [6.07, 6.45) is 1.91. The lowest BCUT2D eigenvalue weighted by atomic mass is 10.1. The summed E-state index contributed by atoms with van der Waals surface area (Å²) in [5.74, 6) is 0. The van der Waals surface area contributed by atoms with Gasteiger partial charge in [0.1, 0.15) is 0 Å². The first kappa shape index (κ1) is 14.7. The summed E-state index contributed by atoms with van der Waals surface area (Å²) in [5, 5.41) is 0.303. The largest absolute Gasteiger partial charge is 0.375 e. The topological polar surface area (TPSA) is 79.5 Å². The molecule has 0 aromatic carbocycles. The number of nitrogen functional groups attached to an aromatic ring is 1. The van der Waals surface area contributed by atoms with Crippen molar-refractivity contribution in [3.05, 3.63) is 5.69 Å². The van der Waals surface area contributed by atoms with Gasteiger partial charge < -0.3 is 10.6 Å². The van der Waals surface area contributed by atoms with E-state index in [4.69, 9.17) is 5.73 Å². The lowest BCUT2D eigenvalue weighted by molar-refractivity contribution is 0.190. The Morgan fingerprint density at radius 1 is 1.47 bits per heavy atom. The molecule has 2 rings (SSSR count). The molecule has 0 aliphatic carbocycles. The van der Waals surface area contributed by atoms with Crippen molar-refractivity contribution in [2.45, 2.75) is 30.0 Å². The maximum absolute atomic E-state index is 12.6. The summed E-state index contributed by atoms with van der Waals surface area (Å²) >= 11 is 1.05. The van der Waals surface area contributed by atoms with Crippen molar-refractivity contribution < 1.29 is 8.42 Å². The number of hydrogen-bond donors (Lipinski definition) is 1. The van der Waals surface area contributed by atoms with E-state index in [1.54, 1.807) is 11.2 Å². The Bertz CT molecular complexity index is 553. The molecule has 1 aliphatic heterocycles. The van der Waals surface area contributed by atoms with Crippen LogP contribution in [0.3, 0.4) is 0 Å². The van der Waals surface area contributed by atoms with E-state index in [9.17, 15) is 8.42 Å². The summed E-state index contributed by atoms with van der Waals surface area (Å²) in [5.41, 5.74) is 6.09. The second kappa shape index (κ2) is 5.35. The van der Waals surface area contributed by atoms with Crippen LogP contribution in [0.4, 0.5) is 5.13 Å². The molecule has 0 bridgehead atoms. The fourth-order valence-electron chi connectivity index (χ4n) is 2.32. The number of piperidine rings is 1. The van der Waals surface area contributed by atoms with E-state index < -0.39 is 10.0 Å². The zero-order chi connectivity index (χ0) is 14.2. The van der Waals surface area contributed by atoms with Crippen LogP contribution in [0.25, 0.3) is 0 Å². The average molecular weight is 304 g/mol. The van der Waals surface area contributed by atoms with Crippen LogP contribution in [0.2, 0.25) is 0 Å². The van der Waals surface area contributed by atoms with Gasteiger partial charge in [0.2, 0.25) is 0 Å². The number of rotatable bonds is 3. The predicted molar refractivity (Wildman–Crippen MR) is 76.7 cm³/mol. The van der Waals surface area contributed by atoms with Gasteiger partial charge in [-0.25, -0.2) is 13.4 Å². The van der Waals surface area contributed by atoms with Gasteiger partial charge in [-0.3, -0.25) is 0 Å². The Kier molecular flexibility index (Phi) is 4.14. The van der Waals surface area contributed by atoms with Crippen molar-refractivity contribution in [3.8, 4) is 0 Å². The molecular weight excluding hydrogens is 284 g/mol. The lowest BCUT2D eigenvalue weighted by Crippen LogP contribution is -2.47. The number of aryl methyl sites for hydroxylation is 1. The fourth-order valence-corrected chi connectivity index (χ4v) is 5.27. The maximum Gasteiger partial charge on any atom is 0.254 e. The van der Waals surface area contributed by atoms with Crippen LogP contribution >= 0.6 is 11.3 Å². The van der Waals surface area contributed by atoms with E-state index in [1.807, 2.05) is 14.1 Å². The number of anilines is 1. The molecule has 1 aromatic heterocycles. The Morgan fingerprint density at radius 2 is 2.16 bits per heavy atom. The van der Waals surface area contributed by atoms with Crippen molar-refractivity contribution >= 4 is 26.5 Å². The minimum atomic E-state index is -3.46. The second-order valence-corrected chi connectivity index (χ2v) is 8.21. The summed E-state index contributed by atoms with van der Waals surface area (Å²) in [4.78, 5) is 6.09. The van der Waals surface area contributed by atoms with Crippen LogP contribution in [-0.2, 0) is 10.0 Å². The summed E-state index contributed by atoms with van der Waals surface area (Å²) in [7, 11) is 0.510. The molecule has 1 unspecified atom stereocenters. The number of thiazole rings is 1. The molecule has 19 heavy (non-hydrogen) atoms. The van der Waals surface area contributed by atoms with Crippen LogP contribution < -0.4 is 5.73 Å². The van der Waals surface area contributed by atoms with Gasteiger partial charge in [-0.2, -0.15) is 4.31 Å². The molecule has 2 heterocycles. The third-order valence-corrected chi connectivity index (χ3v) is 6.87. The molecule has 0 spiro atoms. The Balaban J connectivity index is 2.27. The predicted octanol–water partition coefficient (Wildman–Crippen LogP) is 0.748. The second-order valence-electron chi connectivity index (χ2n) is 5.05. The van der Waals surface area contributed by atoms with Gasteiger partial charge in [0.15, 0.2) is 9.34 Å². The first-order chi connectivity index (χ1) is 8.82. The average Bonchev–Trinajstić information content (AvgIpc) is 2.69. The molecule has 8 heteroatoms. The van der Waals surface area contributed by atoms with E-state index in [-0.39, 0.29) is 10.3 Å². The molecule has 1 aliphatic rings. The third-order valence-electron chi connectivity index (χ3n) is 3.43. The number of hydrogen-bond acceptors (Lipinski definition) is 6. The summed E-state index contributed by atoms with van der Waals surface area (Å²) in [6, 6.07) is 0.272. The van der Waals surface area contributed by atoms with E-state index in [1.165, 1.54) is 0 Å². The monoisotopic (exact) mass is 304 g/mol. The minimum Gasteiger partial charge on any atom is -0.375 e. The molecule has 1 saturated heterocycles. The van der Waals surface area contributed by atoms with E-state index in [2.05, 4.69) is 9.88 Å². The quantitative estimate of drug-likeness (QED) is 0.891. The van der Waals surface area contributed by atoms with Gasteiger partial charge in [0.05, 0.1) is 5.69 Å². The Labute approximate surface area is 118 Å². The normalized spacial score (nSPS) is 22.0. The highest BCUT2D eigenvalue weighted by molar-refractivity contribution is 7.91. The molecule has 6 nitrogen and oxygen atoms in total. The third kappa shape index (κ3) is 2.91. The van der Waals surface area contributed by atoms with E-state index in [0.29, 0.717) is 23.9 Å². The van der Waals surface area contributed by atoms with Gasteiger partial charge in [0.25, 0.3) is 10.0 Å². The van der Waals surface area contributed by atoms with Crippen molar-refractivity contribution in [2.75, 3.05) is 32.9 Å². The minimum absolute atomic E-state index is 0.272. The lowest BCUT2D eigenvalue weighted by Gasteiger charge is -2.35. The van der Waals surface area contributed by atoms with Crippen LogP contribution in [0.15, 0.2) is 4.21 Å². The zero-order valence-corrected chi connectivity index (χ0v) is 13.1. The first-order valence-corrected chi connectivity index (χ1v) is 8.47. The number of nitrogens with two attached hydrogens (primary N) is 1. The fraction of sp³-hybridized carbons (Fsp3) is 0.727. The standard InChI is InChI=1S/C11H20N4O2S2/c1-8-10(18-11(12)13-8)19(16,17)15-6-4-5-9(7-15)14(2)3/h9H,4-7H2,1-3H3,(H2,12,13). The molecule has 1 atom stereocenters. The molecule has 0 saturated carbocycles. The molecule has 108 valence electrons. The first-order valence-electron chi connectivity index (χ1n) is 6.22. The SMILES string of the molecule is Cc1nc(N)sc1S(=O)(=O)N1CCCC(N(C)C)C1. The number of likely N-dealkylation sites (N-methyl/N-ethyl adjacent to an activating group) is 1. The highest BCUT2D eigenvalue weighted by atomic mass is 32.2. The Hall–Kier alpha value is -0.700. The van der Waals surface area contributed by atoms with E-state index in [0.717, 1.165) is 24.2 Å². The highest BCUT2D eigenvalue weighted by Gasteiger charge is 2.33. The zero-order valence-electron chi connectivity index (χ0n) is 11.5. The molecular formula is C11H20N4O2S2. The molecule has 0 amide bonds. The van der Waals surface area contributed by atoms with Crippen molar-refractivity contribution in [3.63, 3.8) is 0 Å². The molecule has 1 fully saturated rings. The number of nitrogens with zero attached hydrogens (tertiary/aromatic N) is 3. The smallest absolute Gasteiger partial charge is 0.254 e. The van der Waals surface area contributed by atoms with Gasteiger partial charge >= 0.3 is 0 Å². The van der Waals surface area contributed by atoms with Gasteiger partial charge in [0, 0.05) is 19.1 Å². The van der Waals surface area contributed by atoms with Crippen molar-refractivity contribution in [1.82, 2.24) is 14.2 Å². The molecule has 0 radical (unpaired) electrons. The van der Waals surface area contributed by atoms with Gasteiger partial charge in [-0.15, -0.1) is 0 Å². The van der Waals surface area contributed by atoms with Crippen LogP contribution in [0, 0.1) is 6.92 Å². The number of sulfonamides is 1. The maximum atomic E-state index is 12.6. The van der Waals surface area contributed by atoms with Crippen LogP contribution in [-0.4, -0.2) is 55.8 Å². The highest BCUT2D eigenvalue weighted by Crippen LogP contribution is 2.30. The molecule has 1 aromatic rings. The van der Waals surface area contributed by atoms with Crippen molar-refractivity contribution in [1.29, 1.82) is 0 Å². The Morgan fingerprint density at radius 3 is 2.68 bits per heavy atom. The molecule has 2 N–H and O–H groups in total. The number of aromatic nitrogens is 1. The van der Waals surface area contributed by atoms with Crippen LogP contribution in [0.5, 0.6) is 0 Å². The summed E-state index contributed by atoms with van der Waals surface area (Å²) in [6.45, 7) is 2.80. The van der Waals surface area contributed by atoms with Gasteiger partial charge in [-0.05, 0) is 33.9 Å². The van der Waals surface area contributed by atoms with Crippen LogP contribution in [0.1, 0.15) is 18.5 Å². The van der Waals surface area contributed by atoms with Crippen molar-refractivity contribution in [2.24, 2.45) is 0 Å². The van der Waals surface area contributed by atoms with Gasteiger partial charge in [-0.1, -0.05) is 11.3 Å². The van der Waals surface area contributed by atoms with E-state index >= 15 is 0 Å². The summed E-state index contributed by atoms with van der Waals surface area (Å²) < 4.78 is 27.1.